The molecule has 8 atom stereocenters. The Morgan fingerprint density at radius 1 is 1.13 bits per heavy atom. The van der Waals surface area contributed by atoms with E-state index in [9.17, 15) is 24.3 Å². The predicted molar refractivity (Wildman–Crippen MR) is 168 cm³/mol. The Labute approximate surface area is 272 Å². The first-order valence-electron chi connectivity index (χ1n) is 15.6. The summed E-state index contributed by atoms with van der Waals surface area (Å²) < 4.78 is 18.8. The standard InChI is InChI=1S/C33H42BrN3O8/c1-4-11-20(2)36-15-10-6-9-14-24(39)35-23(19-43-3)27(21-12-7-5-8-13-21)44-32(42)25-26-30(40)37(16-17-38)29(31(36)41)33(26)18-22(34)28(25)45-33/h5-8,10,12-13,18,20,23,25-29,38H,4,9,11,14-17,19H2,1-3H3,(H,35,39)/b10-6-/t20?,23-,25+,26-,27-,28+,29+,33-/m0/s1. The molecule has 11 nitrogen and oxygen atoms in total. The number of likely N-dealkylation sites (tertiary alicyclic amines) is 1. The van der Waals surface area contributed by atoms with Crippen molar-refractivity contribution < 1.29 is 38.5 Å². The Morgan fingerprint density at radius 3 is 2.58 bits per heavy atom. The van der Waals surface area contributed by atoms with Crippen LogP contribution in [0.2, 0.25) is 0 Å². The molecule has 2 N–H and O–H groups in total. The van der Waals surface area contributed by atoms with Gasteiger partial charge in [0.25, 0.3) is 0 Å². The van der Waals surface area contributed by atoms with Crippen molar-refractivity contribution in [3.05, 3.63) is 58.6 Å². The summed E-state index contributed by atoms with van der Waals surface area (Å²) >= 11 is 3.57. The van der Waals surface area contributed by atoms with E-state index < -0.39 is 53.6 Å². The molecule has 4 heterocycles. The summed E-state index contributed by atoms with van der Waals surface area (Å²) in [5.74, 6) is -3.80. The van der Waals surface area contributed by atoms with Gasteiger partial charge in [0, 0.05) is 37.1 Å². The minimum absolute atomic E-state index is 0.0695. The Kier molecular flexibility index (Phi) is 10.5. The van der Waals surface area contributed by atoms with Crippen LogP contribution in [0.1, 0.15) is 51.2 Å². The molecular formula is C33H42BrN3O8. The lowest BCUT2D eigenvalue weighted by Gasteiger charge is -2.38. The van der Waals surface area contributed by atoms with Gasteiger partial charge in [0.1, 0.15) is 29.8 Å². The number of amides is 3. The molecule has 0 aromatic heterocycles. The number of nitrogens with zero attached hydrogens (tertiary/aromatic N) is 2. The van der Waals surface area contributed by atoms with Crippen molar-refractivity contribution in [1.29, 1.82) is 0 Å². The van der Waals surface area contributed by atoms with E-state index in [1.807, 2.05) is 44.2 Å². The van der Waals surface area contributed by atoms with Gasteiger partial charge in [-0.1, -0.05) is 71.8 Å². The van der Waals surface area contributed by atoms with Crippen molar-refractivity contribution in [1.82, 2.24) is 15.1 Å². The Hall–Kier alpha value is -3.06. The second-order valence-electron chi connectivity index (χ2n) is 12.1. The first kappa shape index (κ1) is 33.3. The number of carbonyl (C=O) groups is 4. The quantitative estimate of drug-likeness (QED) is 0.315. The van der Waals surface area contributed by atoms with Crippen molar-refractivity contribution in [2.45, 2.75) is 75.5 Å². The summed E-state index contributed by atoms with van der Waals surface area (Å²) in [7, 11) is 1.51. The van der Waals surface area contributed by atoms with Crippen molar-refractivity contribution >= 4 is 39.6 Å². The van der Waals surface area contributed by atoms with Gasteiger partial charge in [-0.3, -0.25) is 19.2 Å². The van der Waals surface area contributed by atoms with E-state index in [4.69, 9.17) is 14.2 Å². The molecule has 12 heteroatoms. The average Bonchev–Trinajstić information content (AvgIpc) is 3.60. The maximum absolute atomic E-state index is 14.6. The largest absolute Gasteiger partial charge is 0.455 e. The van der Waals surface area contributed by atoms with Crippen LogP contribution in [-0.4, -0.2) is 102 Å². The highest BCUT2D eigenvalue weighted by atomic mass is 79.9. The molecule has 4 aliphatic rings. The zero-order valence-corrected chi connectivity index (χ0v) is 27.5. The fourth-order valence-electron chi connectivity index (χ4n) is 7.24. The van der Waals surface area contributed by atoms with Gasteiger partial charge in [-0.05, 0) is 31.4 Å². The van der Waals surface area contributed by atoms with E-state index >= 15 is 0 Å². The molecule has 1 unspecified atom stereocenters. The van der Waals surface area contributed by atoms with Crippen molar-refractivity contribution in [2.75, 3.05) is 33.4 Å². The van der Waals surface area contributed by atoms with E-state index in [0.29, 0.717) is 16.5 Å². The van der Waals surface area contributed by atoms with Crippen LogP contribution in [0.3, 0.4) is 0 Å². The number of esters is 1. The van der Waals surface area contributed by atoms with Gasteiger partial charge in [0.15, 0.2) is 0 Å². The summed E-state index contributed by atoms with van der Waals surface area (Å²) in [6.07, 6.45) is 5.90. The zero-order valence-electron chi connectivity index (χ0n) is 25.9. The summed E-state index contributed by atoms with van der Waals surface area (Å²) in [5.41, 5.74) is -0.784. The van der Waals surface area contributed by atoms with Gasteiger partial charge in [0.2, 0.25) is 17.7 Å². The average molecular weight is 689 g/mol. The molecule has 0 saturated carbocycles. The number of cyclic esters (lactones) is 1. The van der Waals surface area contributed by atoms with Crippen molar-refractivity contribution in [3.63, 3.8) is 0 Å². The number of halogens is 1. The van der Waals surface area contributed by atoms with Gasteiger partial charge >= 0.3 is 5.97 Å². The number of carbonyl (C=O) groups excluding carboxylic acids is 4. The number of nitrogens with one attached hydrogen (secondary N) is 1. The summed E-state index contributed by atoms with van der Waals surface area (Å²) in [6.45, 7) is 3.89. The number of methoxy groups -OCH3 is 1. The lowest BCUT2D eigenvalue weighted by molar-refractivity contribution is -0.162. The van der Waals surface area contributed by atoms with Gasteiger partial charge in [-0.2, -0.15) is 0 Å². The minimum atomic E-state index is -1.43. The lowest BCUT2D eigenvalue weighted by Crippen LogP contribution is -2.57. The van der Waals surface area contributed by atoms with Gasteiger partial charge in [-0.15, -0.1) is 0 Å². The van der Waals surface area contributed by atoms with Crippen LogP contribution in [-0.2, 0) is 33.4 Å². The fraction of sp³-hybridized carbons (Fsp3) is 0.576. The third-order valence-corrected chi connectivity index (χ3v) is 9.91. The third kappa shape index (κ3) is 6.22. The number of hydrogen-bond acceptors (Lipinski definition) is 8. The molecule has 4 aliphatic heterocycles. The number of allylic oxidation sites excluding steroid dienone is 1. The number of benzene rings is 1. The molecule has 2 fully saturated rings. The Balaban J connectivity index is 1.62. The topological polar surface area (TPSA) is 135 Å². The molecule has 5 bridgehead atoms. The smallest absolute Gasteiger partial charge is 0.313 e. The van der Waals surface area contributed by atoms with Crippen LogP contribution in [0.15, 0.2) is 53.0 Å². The molecule has 3 amide bonds. The molecule has 5 rings (SSSR count). The Bertz CT molecular complexity index is 1340. The van der Waals surface area contributed by atoms with Gasteiger partial charge in [0.05, 0.1) is 25.2 Å². The van der Waals surface area contributed by atoms with E-state index in [-0.39, 0.29) is 50.6 Å². The van der Waals surface area contributed by atoms with Crippen LogP contribution < -0.4 is 5.32 Å². The highest BCUT2D eigenvalue weighted by molar-refractivity contribution is 9.11. The minimum Gasteiger partial charge on any atom is -0.455 e. The van der Waals surface area contributed by atoms with Crippen LogP contribution in [0.25, 0.3) is 0 Å². The second kappa shape index (κ2) is 14.1. The molecule has 244 valence electrons. The first-order chi connectivity index (χ1) is 21.7. The molecule has 0 radical (unpaired) electrons. The third-order valence-electron chi connectivity index (χ3n) is 9.23. The number of hydrogen-bond donors (Lipinski definition) is 2. The maximum atomic E-state index is 14.6. The number of fused-ring (bicyclic) bond motifs is 2. The molecular weight excluding hydrogens is 646 g/mol. The Morgan fingerprint density at radius 2 is 1.89 bits per heavy atom. The molecule has 1 aromatic carbocycles. The van der Waals surface area contributed by atoms with Crippen molar-refractivity contribution in [2.24, 2.45) is 11.8 Å². The number of aliphatic hydroxyl groups excluding tert-OH is 1. The number of rotatable bonds is 8. The normalized spacial score (nSPS) is 33.5. The lowest BCUT2D eigenvalue weighted by atomic mass is 9.74. The summed E-state index contributed by atoms with van der Waals surface area (Å²) in [6, 6.07) is 7.10. The summed E-state index contributed by atoms with van der Waals surface area (Å²) in [5, 5.41) is 13.0. The van der Waals surface area contributed by atoms with E-state index in [0.717, 1.165) is 12.8 Å². The van der Waals surface area contributed by atoms with Crippen LogP contribution >= 0.6 is 15.9 Å². The highest BCUT2D eigenvalue weighted by Crippen LogP contribution is 2.59. The number of ether oxygens (including phenoxy) is 3. The van der Waals surface area contributed by atoms with E-state index in [1.54, 1.807) is 23.1 Å². The summed E-state index contributed by atoms with van der Waals surface area (Å²) in [4.78, 5) is 59.2. The molecule has 45 heavy (non-hydrogen) atoms. The molecule has 0 aliphatic carbocycles. The van der Waals surface area contributed by atoms with Crippen LogP contribution in [0.4, 0.5) is 0 Å². The monoisotopic (exact) mass is 687 g/mol. The van der Waals surface area contributed by atoms with E-state index in [1.165, 1.54) is 12.0 Å². The van der Waals surface area contributed by atoms with Gasteiger partial charge < -0.3 is 34.4 Å². The molecule has 1 aromatic rings. The van der Waals surface area contributed by atoms with Gasteiger partial charge in [-0.25, -0.2) is 0 Å². The van der Waals surface area contributed by atoms with Crippen LogP contribution in [0, 0.1) is 11.8 Å². The predicted octanol–water partition coefficient (Wildman–Crippen LogP) is 2.63. The SMILES string of the molecule is CCCC(C)N1C/C=C\CCC(=O)N[C@@H](COC)[C@H](c2ccccc2)OC(=O)[C@H]2[C@@H]3O[C@@]4(C=C3Br)[C@@H]2C(=O)N(CCO)[C@@H]4C1=O. The number of β-amino-alcohol motifs (C(OH)–C–C–N with tert-alkyl or cyclic N) is 1. The zero-order chi connectivity index (χ0) is 32.3. The molecule has 2 saturated heterocycles. The highest BCUT2D eigenvalue weighted by Gasteiger charge is 2.75. The maximum Gasteiger partial charge on any atom is 0.313 e. The van der Waals surface area contributed by atoms with Crippen LogP contribution in [0.5, 0.6) is 0 Å². The number of aliphatic hydroxyl groups is 1. The second-order valence-corrected chi connectivity index (χ2v) is 13.0. The fourth-order valence-corrected chi connectivity index (χ4v) is 7.98. The van der Waals surface area contributed by atoms with E-state index in [2.05, 4.69) is 21.2 Å². The van der Waals surface area contributed by atoms with Crippen molar-refractivity contribution in [3.8, 4) is 0 Å². The molecule has 1 spiro atoms. The first-order valence-corrected chi connectivity index (χ1v) is 16.4.